The molecule has 1 rings (SSSR count). The molecule has 1 aromatic heterocycles. The molecule has 0 aromatic carbocycles. The second-order valence-electron chi connectivity index (χ2n) is 3.20. The number of rotatable bonds is 3. The lowest BCUT2D eigenvalue weighted by atomic mass is 10.0. The number of halogens is 1. The minimum atomic E-state index is 0.648. The summed E-state index contributed by atoms with van der Waals surface area (Å²) in [5.41, 5.74) is 8.14. The van der Waals surface area contributed by atoms with Crippen molar-refractivity contribution in [1.82, 2.24) is 4.98 Å². The number of nitrogens with zero attached hydrogens (tertiary/aromatic N) is 1. The summed E-state index contributed by atoms with van der Waals surface area (Å²) < 4.78 is 1.08. The summed E-state index contributed by atoms with van der Waals surface area (Å²) in [6.45, 7) is 4.21. The molecule has 0 radical (unpaired) electrons. The van der Waals surface area contributed by atoms with Gasteiger partial charge in [0, 0.05) is 10.7 Å². The zero-order chi connectivity index (χ0) is 9.84. The number of nitrogen functional groups attached to an aromatic ring is 1. The van der Waals surface area contributed by atoms with Gasteiger partial charge in [0.1, 0.15) is 5.82 Å². The van der Waals surface area contributed by atoms with Crippen LogP contribution in [-0.2, 0) is 6.42 Å². The number of pyridine rings is 1. The van der Waals surface area contributed by atoms with Crippen molar-refractivity contribution in [3.8, 4) is 0 Å². The van der Waals surface area contributed by atoms with Crippen LogP contribution in [0.15, 0.2) is 10.7 Å². The average Bonchev–Trinajstić information content (AvgIpc) is 2.12. The van der Waals surface area contributed by atoms with Gasteiger partial charge in [0.15, 0.2) is 0 Å². The van der Waals surface area contributed by atoms with Crippen LogP contribution in [0.3, 0.4) is 0 Å². The first-order valence-corrected chi connectivity index (χ1v) is 5.35. The standard InChI is InChI=1S/C10H15BrN2/c1-3-4-5-8-7(2)10(12)13-6-9(8)11/h6H,3-5H2,1-2H3,(H2,12,13). The highest BCUT2D eigenvalue weighted by molar-refractivity contribution is 9.10. The molecule has 0 spiro atoms. The van der Waals surface area contributed by atoms with Crippen LogP contribution in [0.4, 0.5) is 5.82 Å². The van der Waals surface area contributed by atoms with E-state index in [0.29, 0.717) is 5.82 Å². The number of hydrogen-bond acceptors (Lipinski definition) is 2. The molecular formula is C10H15BrN2. The van der Waals surface area contributed by atoms with Crippen LogP contribution in [0, 0.1) is 6.92 Å². The van der Waals surface area contributed by atoms with E-state index in [4.69, 9.17) is 5.73 Å². The lowest BCUT2D eigenvalue weighted by molar-refractivity contribution is 0.787. The number of hydrogen-bond donors (Lipinski definition) is 1. The molecule has 72 valence electrons. The van der Waals surface area contributed by atoms with Crippen molar-refractivity contribution in [2.24, 2.45) is 0 Å². The Morgan fingerprint density at radius 3 is 2.85 bits per heavy atom. The van der Waals surface area contributed by atoms with Gasteiger partial charge in [0.05, 0.1) is 0 Å². The third-order valence-electron chi connectivity index (χ3n) is 2.22. The SMILES string of the molecule is CCCCc1c(Br)cnc(N)c1C. The molecule has 0 aliphatic heterocycles. The van der Waals surface area contributed by atoms with Gasteiger partial charge in [0.2, 0.25) is 0 Å². The Morgan fingerprint density at radius 1 is 1.54 bits per heavy atom. The largest absolute Gasteiger partial charge is 0.383 e. The monoisotopic (exact) mass is 242 g/mol. The molecular weight excluding hydrogens is 228 g/mol. The van der Waals surface area contributed by atoms with E-state index in [9.17, 15) is 0 Å². The van der Waals surface area contributed by atoms with Gasteiger partial charge >= 0.3 is 0 Å². The van der Waals surface area contributed by atoms with Gasteiger partial charge in [-0.1, -0.05) is 13.3 Å². The zero-order valence-electron chi connectivity index (χ0n) is 8.10. The Bertz CT molecular complexity index is 297. The summed E-state index contributed by atoms with van der Waals surface area (Å²) in [5, 5.41) is 0. The van der Waals surface area contributed by atoms with Crippen molar-refractivity contribution in [3.05, 3.63) is 21.8 Å². The van der Waals surface area contributed by atoms with Crippen molar-refractivity contribution in [1.29, 1.82) is 0 Å². The molecule has 13 heavy (non-hydrogen) atoms. The summed E-state index contributed by atoms with van der Waals surface area (Å²) in [4.78, 5) is 4.08. The molecule has 2 nitrogen and oxygen atoms in total. The minimum Gasteiger partial charge on any atom is -0.383 e. The van der Waals surface area contributed by atoms with Crippen LogP contribution in [-0.4, -0.2) is 4.98 Å². The van der Waals surface area contributed by atoms with Crippen LogP contribution in [0.1, 0.15) is 30.9 Å². The summed E-state index contributed by atoms with van der Waals surface area (Å²) in [6, 6.07) is 0. The molecule has 0 saturated carbocycles. The van der Waals surface area contributed by atoms with Gasteiger partial charge in [-0.3, -0.25) is 0 Å². The number of unbranched alkanes of at least 4 members (excludes halogenated alkanes) is 1. The van der Waals surface area contributed by atoms with Crippen molar-refractivity contribution < 1.29 is 0 Å². The quantitative estimate of drug-likeness (QED) is 0.885. The van der Waals surface area contributed by atoms with E-state index in [-0.39, 0.29) is 0 Å². The maximum atomic E-state index is 5.73. The maximum Gasteiger partial charge on any atom is 0.126 e. The average molecular weight is 243 g/mol. The van der Waals surface area contributed by atoms with Gasteiger partial charge in [-0.25, -0.2) is 4.98 Å². The number of nitrogens with two attached hydrogens (primary N) is 1. The predicted octanol–water partition coefficient (Wildman–Crippen LogP) is 3.08. The van der Waals surface area contributed by atoms with Crippen molar-refractivity contribution in [2.45, 2.75) is 33.1 Å². The second kappa shape index (κ2) is 4.61. The highest BCUT2D eigenvalue weighted by Gasteiger charge is 2.06. The van der Waals surface area contributed by atoms with Gasteiger partial charge in [-0.2, -0.15) is 0 Å². The Kier molecular flexibility index (Phi) is 3.72. The van der Waals surface area contributed by atoms with Crippen LogP contribution in [0.25, 0.3) is 0 Å². The van der Waals surface area contributed by atoms with Crippen LogP contribution < -0.4 is 5.73 Å². The third kappa shape index (κ3) is 2.44. The molecule has 0 saturated heterocycles. The Labute approximate surface area is 87.7 Å². The molecule has 0 aliphatic carbocycles. The fourth-order valence-electron chi connectivity index (χ4n) is 1.30. The van der Waals surface area contributed by atoms with Crippen molar-refractivity contribution >= 4 is 21.7 Å². The van der Waals surface area contributed by atoms with Gasteiger partial charge in [-0.15, -0.1) is 0 Å². The van der Waals surface area contributed by atoms with E-state index < -0.39 is 0 Å². The van der Waals surface area contributed by atoms with E-state index in [2.05, 4.69) is 27.8 Å². The predicted molar refractivity (Wildman–Crippen MR) is 59.7 cm³/mol. The van der Waals surface area contributed by atoms with Crippen LogP contribution in [0.2, 0.25) is 0 Å². The number of aromatic nitrogens is 1. The molecule has 0 atom stereocenters. The summed E-state index contributed by atoms with van der Waals surface area (Å²) in [7, 11) is 0. The lowest BCUT2D eigenvalue weighted by Gasteiger charge is -2.09. The topological polar surface area (TPSA) is 38.9 Å². The summed E-state index contributed by atoms with van der Waals surface area (Å²) in [5.74, 6) is 0.648. The third-order valence-corrected chi connectivity index (χ3v) is 2.91. The van der Waals surface area contributed by atoms with Gasteiger partial charge in [0.25, 0.3) is 0 Å². The second-order valence-corrected chi connectivity index (χ2v) is 4.05. The van der Waals surface area contributed by atoms with Crippen molar-refractivity contribution in [2.75, 3.05) is 5.73 Å². The van der Waals surface area contributed by atoms with E-state index in [1.54, 1.807) is 6.20 Å². The molecule has 1 aromatic rings. The molecule has 2 N–H and O–H groups in total. The molecule has 0 amide bonds. The minimum absolute atomic E-state index is 0.648. The molecule has 0 unspecified atom stereocenters. The Hall–Kier alpha value is -0.570. The Morgan fingerprint density at radius 2 is 2.23 bits per heavy atom. The Balaban J connectivity index is 2.96. The first-order chi connectivity index (χ1) is 6.16. The van der Waals surface area contributed by atoms with E-state index in [1.807, 2.05) is 6.92 Å². The fraction of sp³-hybridized carbons (Fsp3) is 0.500. The van der Waals surface area contributed by atoms with Gasteiger partial charge in [-0.05, 0) is 46.8 Å². The van der Waals surface area contributed by atoms with Crippen LogP contribution >= 0.6 is 15.9 Å². The summed E-state index contributed by atoms with van der Waals surface area (Å²) in [6.07, 6.45) is 5.26. The van der Waals surface area contributed by atoms with Gasteiger partial charge < -0.3 is 5.73 Å². The van der Waals surface area contributed by atoms with Crippen molar-refractivity contribution in [3.63, 3.8) is 0 Å². The molecule has 0 aliphatic rings. The summed E-state index contributed by atoms with van der Waals surface area (Å²) >= 11 is 3.49. The molecule has 0 bridgehead atoms. The molecule has 0 fully saturated rings. The highest BCUT2D eigenvalue weighted by Crippen LogP contribution is 2.24. The number of anilines is 1. The molecule has 3 heteroatoms. The normalized spacial score (nSPS) is 10.4. The highest BCUT2D eigenvalue weighted by atomic mass is 79.9. The van der Waals surface area contributed by atoms with E-state index in [1.165, 1.54) is 18.4 Å². The first-order valence-electron chi connectivity index (χ1n) is 4.56. The smallest absolute Gasteiger partial charge is 0.126 e. The maximum absolute atomic E-state index is 5.73. The van der Waals surface area contributed by atoms with E-state index in [0.717, 1.165) is 16.5 Å². The molecule has 1 heterocycles. The lowest BCUT2D eigenvalue weighted by Crippen LogP contribution is -2.00. The zero-order valence-corrected chi connectivity index (χ0v) is 9.69. The van der Waals surface area contributed by atoms with Crippen LogP contribution in [0.5, 0.6) is 0 Å². The first kappa shape index (κ1) is 10.5. The fourth-order valence-corrected chi connectivity index (χ4v) is 1.89. The van der Waals surface area contributed by atoms with E-state index >= 15 is 0 Å².